The Labute approximate surface area is 113 Å². The van der Waals surface area contributed by atoms with Crippen molar-refractivity contribution < 1.29 is 19.5 Å². The minimum Gasteiger partial charge on any atom is -0.481 e. The molecule has 0 rings (SSSR count). The van der Waals surface area contributed by atoms with Gasteiger partial charge in [0.1, 0.15) is 0 Å². The lowest BCUT2D eigenvalue weighted by Gasteiger charge is -2.11. The van der Waals surface area contributed by atoms with E-state index in [4.69, 9.17) is 5.11 Å². The summed E-state index contributed by atoms with van der Waals surface area (Å²) in [4.78, 5) is 34.2. The van der Waals surface area contributed by atoms with Crippen molar-refractivity contribution in [2.75, 3.05) is 27.2 Å². The van der Waals surface area contributed by atoms with Crippen molar-refractivity contribution in [2.24, 2.45) is 0 Å². The third-order valence-electron chi connectivity index (χ3n) is 2.48. The Morgan fingerprint density at radius 3 is 2.16 bits per heavy atom. The SMILES string of the molecule is CN(C)C(=O)CCNC(=O)NCCCCCC(=O)O. The molecule has 19 heavy (non-hydrogen) atoms. The topological polar surface area (TPSA) is 98.7 Å². The van der Waals surface area contributed by atoms with Gasteiger partial charge in [-0.1, -0.05) is 6.42 Å². The number of hydrogen-bond donors (Lipinski definition) is 3. The second-order valence-electron chi connectivity index (χ2n) is 4.43. The molecule has 0 heterocycles. The molecule has 0 aliphatic carbocycles. The Morgan fingerprint density at radius 2 is 1.58 bits per heavy atom. The quantitative estimate of drug-likeness (QED) is 0.530. The largest absolute Gasteiger partial charge is 0.481 e. The Kier molecular flexibility index (Phi) is 9.20. The molecular weight excluding hydrogens is 250 g/mol. The van der Waals surface area contributed by atoms with Gasteiger partial charge in [0.15, 0.2) is 0 Å². The third-order valence-corrected chi connectivity index (χ3v) is 2.48. The number of carboxylic acid groups (broad SMARTS) is 1. The molecule has 0 saturated carbocycles. The minimum atomic E-state index is -0.795. The van der Waals surface area contributed by atoms with Crippen LogP contribution in [0.5, 0.6) is 0 Å². The van der Waals surface area contributed by atoms with E-state index in [1.165, 1.54) is 4.90 Å². The summed E-state index contributed by atoms with van der Waals surface area (Å²) in [5, 5.41) is 13.7. The molecule has 0 aromatic rings. The van der Waals surface area contributed by atoms with Crippen molar-refractivity contribution in [2.45, 2.75) is 32.1 Å². The summed E-state index contributed by atoms with van der Waals surface area (Å²) in [6.07, 6.45) is 2.58. The van der Waals surface area contributed by atoms with Crippen LogP contribution >= 0.6 is 0 Å². The fourth-order valence-corrected chi connectivity index (χ4v) is 1.35. The number of carbonyl (C=O) groups excluding carboxylic acids is 2. The van der Waals surface area contributed by atoms with Crippen molar-refractivity contribution in [3.8, 4) is 0 Å². The zero-order chi connectivity index (χ0) is 14.7. The van der Waals surface area contributed by atoms with Gasteiger partial charge in [-0.2, -0.15) is 0 Å². The number of rotatable bonds is 9. The predicted octanol–water partition coefficient (Wildman–Crippen LogP) is 0.409. The van der Waals surface area contributed by atoms with E-state index in [1.54, 1.807) is 14.1 Å². The van der Waals surface area contributed by atoms with Crippen molar-refractivity contribution in [3.63, 3.8) is 0 Å². The number of carboxylic acids is 1. The number of unbranched alkanes of at least 4 members (excludes halogenated alkanes) is 2. The summed E-state index contributed by atoms with van der Waals surface area (Å²) in [6, 6.07) is -0.301. The van der Waals surface area contributed by atoms with Crippen LogP contribution in [0.15, 0.2) is 0 Å². The normalized spacial score (nSPS) is 9.79. The molecule has 7 nitrogen and oxygen atoms in total. The maximum Gasteiger partial charge on any atom is 0.314 e. The van der Waals surface area contributed by atoms with Crippen LogP contribution in [0.2, 0.25) is 0 Å². The number of aliphatic carboxylic acids is 1. The molecule has 0 fully saturated rings. The molecule has 3 amide bonds. The van der Waals surface area contributed by atoms with E-state index in [0.717, 1.165) is 12.8 Å². The Morgan fingerprint density at radius 1 is 0.947 bits per heavy atom. The number of hydrogen-bond acceptors (Lipinski definition) is 3. The summed E-state index contributed by atoms with van der Waals surface area (Å²) < 4.78 is 0. The first-order chi connectivity index (χ1) is 8.93. The molecule has 0 saturated heterocycles. The Bertz CT molecular complexity index is 305. The van der Waals surface area contributed by atoms with Gasteiger partial charge in [-0.05, 0) is 12.8 Å². The Hall–Kier alpha value is -1.79. The molecule has 0 atom stereocenters. The first kappa shape index (κ1) is 17.2. The lowest BCUT2D eigenvalue weighted by Crippen LogP contribution is -2.38. The van der Waals surface area contributed by atoms with Gasteiger partial charge >= 0.3 is 12.0 Å². The average molecular weight is 273 g/mol. The number of amides is 3. The van der Waals surface area contributed by atoms with Crippen LogP contribution in [0.3, 0.4) is 0 Å². The van der Waals surface area contributed by atoms with Crippen LogP contribution in [0.25, 0.3) is 0 Å². The fraction of sp³-hybridized carbons (Fsp3) is 0.750. The number of nitrogens with zero attached hydrogens (tertiary/aromatic N) is 1. The summed E-state index contributed by atoms with van der Waals surface area (Å²) >= 11 is 0. The molecule has 0 radical (unpaired) electrons. The lowest BCUT2D eigenvalue weighted by atomic mass is 10.2. The molecule has 0 spiro atoms. The molecule has 0 aliphatic heterocycles. The zero-order valence-corrected chi connectivity index (χ0v) is 11.6. The van der Waals surface area contributed by atoms with E-state index in [1.807, 2.05) is 0 Å². The zero-order valence-electron chi connectivity index (χ0n) is 11.6. The van der Waals surface area contributed by atoms with Crippen molar-refractivity contribution in [1.82, 2.24) is 15.5 Å². The molecule has 110 valence electrons. The van der Waals surface area contributed by atoms with E-state index in [2.05, 4.69) is 10.6 Å². The highest BCUT2D eigenvalue weighted by Crippen LogP contribution is 1.98. The molecule has 3 N–H and O–H groups in total. The van der Waals surface area contributed by atoms with Crippen LogP contribution in [0.4, 0.5) is 4.79 Å². The smallest absolute Gasteiger partial charge is 0.314 e. The van der Waals surface area contributed by atoms with Crippen LogP contribution in [0, 0.1) is 0 Å². The third kappa shape index (κ3) is 11.1. The second kappa shape index (κ2) is 10.2. The van der Waals surface area contributed by atoms with Gasteiger partial charge in [0.25, 0.3) is 0 Å². The van der Waals surface area contributed by atoms with Gasteiger partial charge in [0.2, 0.25) is 5.91 Å². The first-order valence-corrected chi connectivity index (χ1v) is 6.37. The monoisotopic (exact) mass is 273 g/mol. The highest BCUT2D eigenvalue weighted by Gasteiger charge is 2.05. The maximum atomic E-state index is 11.3. The number of urea groups is 1. The van der Waals surface area contributed by atoms with Crippen LogP contribution in [0.1, 0.15) is 32.1 Å². The fourth-order valence-electron chi connectivity index (χ4n) is 1.35. The molecule has 0 bridgehead atoms. The number of nitrogens with one attached hydrogen (secondary N) is 2. The van der Waals surface area contributed by atoms with E-state index < -0.39 is 5.97 Å². The van der Waals surface area contributed by atoms with Crippen LogP contribution in [-0.4, -0.2) is 55.1 Å². The summed E-state index contributed by atoms with van der Waals surface area (Å²) in [5.74, 6) is -0.828. The van der Waals surface area contributed by atoms with Gasteiger partial charge in [-0.15, -0.1) is 0 Å². The van der Waals surface area contributed by atoms with E-state index in [0.29, 0.717) is 19.5 Å². The van der Waals surface area contributed by atoms with E-state index >= 15 is 0 Å². The summed E-state index contributed by atoms with van der Waals surface area (Å²) in [6.45, 7) is 0.814. The summed E-state index contributed by atoms with van der Waals surface area (Å²) in [7, 11) is 3.33. The minimum absolute atomic E-state index is 0.0334. The van der Waals surface area contributed by atoms with Crippen molar-refractivity contribution >= 4 is 17.9 Å². The van der Waals surface area contributed by atoms with Crippen molar-refractivity contribution in [1.29, 1.82) is 0 Å². The molecule has 0 aromatic heterocycles. The second-order valence-corrected chi connectivity index (χ2v) is 4.43. The first-order valence-electron chi connectivity index (χ1n) is 6.37. The van der Waals surface area contributed by atoms with Gasteiger partial charge < -0.3 is 20.6 Å². The van der Waals surface area contributed by atoms with Gasteiger partial charge in [0.05, 0.1) is 0 Å². The molecule has 0 unspecified atom stereocenters. The molecule has 7 heteroatoms. The van der Waals surface area contributed by atoms with Crippen LogP contribution in [-0.2, 0) is 9.59 Å². The van der Waals surface area contributed by atoms with Gasteiger partial charge in [0, 0.05) is 40.0 Å². The van der Waals surface area contributed by atoms with Crippen molar-refractivity contribution in [3.05, 3.63) is 0 Å². The highest BCUT2D eigenvalue weighted by molar-refractivity contribution is 5.77. The molecular formula is C12H23N3O4. The van der Waals surface area contributed by atoms with E-state index in [9.17, 15) is 14.4 Å². The van der Waals surface area contributed by atoms with E-state index in [-0.39, 0.29) is 24.8 Å². The molecule has 0 aromatic carbocycles. The standard InChI is InChI=1S/C12H23N3O4/c1-15(2)10(16)7-9-14-12(19)13-8-5-3-4-6-11(17)18/h3-9H2,1-2H3,(H,17,18)(H2,13,14,19). The molecule has 0 aliphatic rings. The maximum absolute atomic E-state index is 11.3. The van der Waals surface area contributed by atoms with Gasteiger partial charge in [-0.3, -0.25) is 9.59 Å². The average Bonchev–Trinajstić information content (AvgIpc) is 2.32. The Balaban J connectivity index is 3.40. The summed E-state index contributed by atoms with van der Waals surface area (Å²) in [5.41, 5.74) is 0. The highest BCUT2D eigenvalue weighted by atomic mass is 16.4. The lowest BCUT2D eigenvalue weighted by molar-refractivity contribution is -0.137. The van der Waals surface area contributed by atoms with Gasteiger partial charge in [-0.25, -0.2) is 4.79 Å². The number of carbonyl (C=O) groups is 3. The predicted molar refractivity (Wildman–Crippen MR) is 70.8 cm³/mol. The van der Waals surface area contributed by atoms with Crippen LogP contribution < -0.4 is 10.6 Å².